The smallest absolute Gasteiger partial charge is 0.257 e. The summed E-state index contributed by atoms with van der Waals surface area (Å²) in [6, 6.07) is 14.4. The number of benzene rings is 2. The number of carbonyl (C=O) groups excluding carboxylic acids is 1. The van der Waals surface area contributed by atoms with Crippen LogP contribution in [0, 0.1) is 6.92 Å². The third kappa shape index (κ3) is 6.56. The van der Waals surface area contributed by atoms with Gasteiger partial charge in [-0.2, -0.15) is 0 Å². The minimum Gasteiger partial charge on any atom is -0.323 e. The number of amides is 1. The summed E-state index contributed by atoms with van der Waals surface area (Å²) < 4.78 is 28.9. The van der Waals surface area contributed by atoms with Gasteiger partial charge in [0.25, 0.3) is 15.9 Å². The molecule has 0 radical (unpaired) electrons. The Morgan fingerprint density at radius 2 is 1.88 bits per heavy atom. The first-order valence-corrected chi connectivity index (χ1v) is 12.4. The molecule has 2 aromatic carbocycles. The van der Waals surface area contributed by atoms with Crippen LogP contribution in [0.1, 0.15) is 22.6 Å². The Kier molecular flexibility index (Phi) is 7.95. The first-order chi connectivity index (χ1) is 15.1. The predicted octanol–water partition coefficient (Wildman–Crippen LogP) is 5.44. The third-order valence-corrected chi connectivity index (χ3v) is 6.47. The summed E-state index contributed by atoms with van der Waals surface area (Å²) in [5.41, 5.74) is 1.98. The molecule has 0 aliphatic rings. The number of carbonyl (C=O) groups is 1. The van der Waals surface area contributed by atoms with Crippen molar-refractivity contribution in [1.82, 2.24) is 14.3 Å². The fraction of sp³-hybridized carbons (Fsp3) is 0.0909. The summed E-state index contributed by atoms with van der Waals surface area (Å²) >= 11 is 15.9. The van der Waals surface area contributed by atoms with Gasteiger partial charge in [-0.3, -0.25) is 4.79 Å². The van der Waals surface area contributed by atoms with Crippen molar-refractivity contribution >= 4 is 67.2 Å². The number of aryl methyl sites for hydroxylation is 1. The number of nitrogens with one attached hydrogen (secondary N) is 1. The Balaban J connectivity index is 1.76. The molecule has 0 fully saturated rings. The maximum atomic E-state index is 12.2. The van der Waals surface area contributed by atoms with Crippen LogP contribution in [0.5, 0.6) is 0 Å². The van der Waals surface area contributed by atoms with Crippen molar-refractivity contribution in [2.75, 3.05) is 0 Å². The molecule has 0 bridgehead atoms. The second-order valence-corrected chi connectivity index (χ2v) is 9.96. The lowest BCUT2D eigenvalue weighted by atomic mass is 10.2. The summed E-state index contributed by atoms with van der Waals surface area (Å²) in [5.74, 6) is -0.196. The summed E-state index contributed by atoms with van der Waals surface area (Å²) in [6.07, 6.45) is 3.91. The molecule has 3 aromatic rings. The van der Waals surface area contributed by atoms with E-state index in [1.807, 2.05) is 22.9 Å². The van der Waals surface area contributed by atoms with Crippen molar-refractivity contribution in [1.29, 1.82) is 0 Å². The van der Waals surface area contributed by atoms with Crippen LogP contribution in [-0.2, 0) is 21.4 Å². The van der Waals surface area contributed by atoms with E-state index in [0.717, 1.165) is 21.5 Å². The highest BCUT2D eigenvalue weighted by atomic mass is 79.9. The van der Waals surface area contributed by atoms with Gasteiger partial charge in [0.2, 0.25) is 0 Å². The van der Waals surface area contributed by atoms with Crippen LogP contribution < -0.4 is 4.72 Å². The van der Waals surface area contributed by atoms with E-state index in [1.54, 1.807) is 41.8 Å². The lowest BCUT2D eigenvalue weighted by molar-refractivity contribution is -0.114. The molecular weight excluding hydrogens is 537 g/mol. The molecular formula is C22H18BrCl2N3O3S. The average Bonchev–Trinajstić information content (AvgIpc) is 3.00. The molecule has 0 aliphatic heterocycles. The second kappa shape index (κ2) is 10.5. The molecule has 1 N–H and O–H groups in total. The van der Waals surface area contributed by atoms with Crippen molar-refractivity contribution in [3.63, 3.8) is 0 Å². The van der Waals surface area contributed by atoms with E-state index in [4.69, 9.17) is 23.2 Å². The fourth-order valence-corrected chi connectivity index (χ4v) is 4.59. The normalized spacial score (nSPS) is 12.0. The van der Waals surface area contributed by atoms with Crippen LogP contribution >= 0.6 is 39.1 Å². The quantitative estimate of drug-likeness (QED) is 0.394. The number of halogens is 3. The standard InChI is InChI=1S/C22H18BrCl2N3O3S/c1-15-26-22(25)20(28(15)14-17-7-8-18(23)13-19(17)24)9-10-21(29)27-32(30,31)12-11-16-5-3-2-4-6-16/h2-13H,14H2,1H3,(H,27,29). The van der Waals surface area contributed by atoms with E-state index in [2.05, 4.69) is 20.9 Å². The van der Waals surface area contributed by atoms with Crippen molar-refractivity contribution in [2.45, 2.75) is 13.5 Å². The molecule has 32 heavy (non-hydrogen) atoms. The van der Waals surface area contributed by atoms with E-state index in [1.165, 1.54) is 12.2 Å². The number of imidazole rings is 1. The minimum absolute atomic E-state index is 0.187. The van der Waals surface area contributed by atoms with Gasteiger partial charge in [0.1, 0.15) is 5.82 Å². The van der Waals surface area contributed by atoms with Crippen LogP contribution in [0.2, 0.25) is 10.2 Å². The Hall–Kier alpha value is -2.39. The number of nitrogens with zero attached hydrogens (tertiary/aromatic N) is 2. The van der Waals surface area contributed by atoms with Gasteiger partial charge in [-0.15, -0.1) is 0 Å². The lowest BCUT2D eigenvalue weighted by Gasteiger charge is -2.10. The van der Waals surface area contributed by atoms with Crippen molar-refractivity contribution in [2.24, 2.45) is 0 Å². The van der Waals surface area contributed by atoms with Gasteiger partial charge in [0, 0.05) is 15.6 Å². The SMILES string of the molecule is Cc1nc(Cl)c(C=CC(=O)NS(=O)(=O)C=Cc2ccccc2)n1Cc1ccc(Br)cc1Cl. The maximum absolute atomic E-state index is 12.2. The molecule has 3 rings (SSSR count). The molecule has 1 aromatic heterocycles. The number of sulfonamides is 1. The number of hydrogen-bond donors (Lipinski definition) is 1. The number of rotatable bonds is 7. The molecule has 6 nitrogen and oxygen atoms in total. The van der Waals surface area contributed by atoms with Crippen LogP contribution in [0.4, 0.5) is 0 Å². The molecule has 0 unspecified atom stereocenters. The first-order valence-electron chi connectivity index (χ1n) is 9.29. The lowest BCUT2D eigenvalue weighted by Crippen LogP contribution is -2.26. The average molecular weight is 555 g/mol. The highest BCUT2D eigenvalue weighted by Gasteiger charge is 2.14. The zero-order valence-corrected chi connectivity index (χ0v) is 20.7. The van der Waals surface area contributed by atoms with Gasteiger partial charge in [-0.05, 0) is 42.3 Å². The van der Waals surface area contributed by atoms with E-state index in [-0.39, 0.29) is 5.15 Å². The van der Waals surface area contributed by atoms with Crippen molar-refractivity contribution in [3.8, 4) is 0 Å². The molecule has 0 saturated carbocycles. The van der Waals surface area contributed by atoms with E-state index < -0.39 is 15.9 Å². The van der Waals surface area contributed by atoms with E-state index in [9.17, 15) is 13.2 Å². The van der Waals surface area contributed by atoms with Gasteiger partial charge >= 0.3 is 0 Å². The number of hydrogen-bond acceptors (Lipinski definition) is 4. The molecule has 1 heterocycles. The molecule has 1 amide bonds. The third-order valence-electron chi connectivity index (χ3n) is 4.37. The highest BCUT2D eigenvalue weighted by Crippen LogP contribution is 2.25. The molecule has 166 valence electrons. The Morgan fingerprint density at radius 1 is 1.16 bits per heavy atom. The van der Waals surface area contributed by atoms with Crippen LogP contribution in [0.15, 0.2) is 64.5 Å². The molecule has 0 spiro atoms. The molecule has 0 atom stereocenters. The monoisotopic (exact) mass is 553 g/mol. The number of aromatic nitrogens is 2. The molecule has 0 aliphatic carbocycles. The zero-order chi connectivity index (χ0) is 23.3. The highest BCUT2D eigenvalue weighted by molar-refractivity contribution is 9.10. The Bertz CT molecular complexity index is 1300. The first kappa shape index (κ1) is 24.3. The summed E-state index contributed by atoms with van der Waals surface area (Å²) in [7, 11) is -3.97. The van der Waals surface area contributed by atoms with Gasteiger partial charge in [-0.1, -0.05) is 75.5 Å². The van der Waals surface area contributed by atoms with Gasteiger partial charge in [0.05, 0.1) is 17.6 Å². The predicted molar refractivity (Wildman–Crippen MR) is 132 cm³/mol. The van der Waals surface area contributed by atoms with Crippen LogP contribution in [0.25, 0.3) is 12.2 Å². The Labute approximate surface area is 204 Å². The summed E-state index contributed by atoms with van der Waals surface area (Å²) in [4.78, 5) is 16.4. The minimum atomic E-state index is -3.97. The molecule has 0 saturated heterocycles. The van der Waals surface area contributed by atoms with Crippen LogP contribution in [0.3, 0.4) is 0 Å². The molecule has 10 heteroatoms. The van der Waals surface area contributed by atoms with Gasteiger partial charge in [-0.25, -0.2) is 18.1 Å². The zero-order valence-electron chi connectivity index (χ0n) is 16.8. The largest absolute Gasteiger partial charge is 0.323 e. The second-order valence-electron chi connectivity index (χ2n) is 6.72. The van der Waals surface area contributed by atoms with E-state index in [0.29, 0.717) is 28.6 Å². The summed E-state index contributed by atoms with van der Waals surface area (Å²) in [5, 5.41) is 1.68. The topological polar surface area (TPSA) is 81.1 Å². The van der Waals surface area contributed by atoms with Crippen LogP contribution in [-0.4, -0.2) is 23.9 Å². The van der Waals surface area contributed by atoms with E-state index >= 15 is 0 Å². The van der Waals surface area contributed by atoms with Gasteiger partial charge < -0.3 is 4.57 Å². The van der Waals surface area contributed by atoms with Crippen molar-refractivity contribution in [3.05, 3.63) is 97.3 Å². The van der Waals surface area contributed by atoms with Gasteiger partial charge in [0.15, 0.2) is 5.15 Å². The van der Waals surface area contributed by atoms with Crippen molar-refractivity contribution < 1.29 is 13.2 Å². The summed E-state index contributed by atoms with van der Waals surface area (Å²) in [6.45, 7) is 2.14. The maximum Gasteiger partial charge on any atom is 0.257 e. The fourth-order valence-electron chi connectivity index (χ4n) is 2.82. The Morgan fingerprint density at radius 3 is 2.56 bits per heavy atom.